The molecule has 2 amide bonds. The highest BCUT2D eigenvalue weighted by atomic mass is 16.4. The molecule has 1 aromatic heterocycles. The molecule has 2 rings (SSSR count). The molecule has 2 atom stereocenters. The number of β-amino-alcohol motifs (C(OH)–C–C–N with tert-alkyl or cyclic N) is 1. The first-order valence-corrected chi connectivity index (χ1v) is 6.43. The fourth-order valence-electron chi connectivity index (χ4n) is 2.22. The van der Waals surface area contributed by atoms with Gasteiger partial charge in [0.1, 0.15) is 6.04 Å². The summed E-state index contributed by atoms with van der Waals surface area (Å²) in [4.78, 5) is 28.2. The molecule has 1 fully saturated rings. The SMILES string of the molecule is O=C(O)[C@H]1C[C@@H](O)CN1C(=O)NCCc1ccccn1. The second kappa shape index (κ2) is 6.33. The Labute approximate surface area is 116 Å². The lowest BCUT2D eigenvalue weighted by atomic mass is 10.2. The van der Waals surface area contributed by atoms with Crippen molar-refractivity contribution in [2.24, 2.45) is 0 Å². The summed E-state index contributed by atoms with van der Waals surface area (Å²) >= 11 is 0. The van der Waals surface area contributed by atoms with E-state index >= 15 is 0 Å². The number of aromatic nitrogens is 1. The van der Waals surface area contributed by atoms with E-state index in [1.807, 2.05) is 18.2 Å². The lowest BCUT2D eigenvalue weighted by Gasteiger charge is -2.21. The van der Waals surface area contributed by atoms with Gasteiger partial charge in [-0.25, -0.2) is 9.59 Å². The highest BCUT2D eigenvalue weighted by molar-refractivity contribution is 5.83. The third-order valence-corrected chi connectivity index (χ3v) is 3.21. The van der Waals surface area contributed by atoms with Crippen LogP contribution in [0.5, 0.6) is 0 Å². The van der Waals surface area contributed by atoms with Crippen LogP contribution in [0.3, 0.4) is 0 Å². The normalized spacial score (nSPS) is 21.8. The standard InChI is InChI=1S/C13H17N3O4/c17-10-7-11(12(18)19)16(8-10)13(20)15-6-4-9-3-1-2-5-14-9/h1-3,5,10-11,17H,4,6-8H2,(H,15,20)(H,18,19)/t10-,11-/m1/s1. The van der Waals surface area contributed by atoms with Crippen molar-refractivity contribution in [2.45, 2.75) is 25.0 Å². The number of amides is 2. The van der Waals surface area contributed by atoms with E-state index in [-0.39, 0.29) is 13.0 Å². The Morgan fingerprint density at radius 2 is 2.25 bits per heavy atom. The number of carboxylic acids is 1. The number of carboxylic acid groups (broad SMARTS) is 1. The fourth-order valence-corrected chi connectivity index (χ4v) is 2.22. The van der Waals surface area contributed by atoms with Crippen LogP contribution in [-0.4, -0.2) is 57.3 Å². The molecule has 7 nitrogen and oxygen atoms in total. The maximum atomic E-state index is 11.9. The molecule has 0 aliphatic carbocycles. The number of pyridine rings is 1. The van der Waals surface area contributed by atoms with Crippen molar-refractivity contribution in [1.82, 2.24) is 15.2 Å². The summed E-state index contributed by atoms with van der Waals surface area (Å²) in [6.45, 7) is 0.418. The first-order chi connectivity index (χ1) is 9.58. The lowest BCUT2D eigenvalue weighted by Crippen LogP contribution is -2.46. The molecule has 1 aliphatic heterocycles. The van der Waals surface area contributed by atoms with Gasteiger partial charge in [0.15, 0.2) is 0 Å². The van der Waals surface area contributed by atoms with Crippen molar-refractivity contribution in [3.8, 4) is 0 Å². The number of hydrogen-bond donors (Lipinski definition) is 3. The molecule has 0 bridgehead atoms. The first kappa shape index (κ1) is 14.3. The monoisotopic (exact) mass is 279 g/mol. The van der Waals surface area contributed by atoms with E-state index in [2.05, 4.69) is 10.3 Å². The van der Waals surface area contributed by atoms with Crippen molar-refractivity contribution in [1.29, 1.82) is 0 Å². The molecular formula is C13H17N3O4. The molecule has 20 heavy (non-hydrogen) atoms. The van der Waals surface area contributed by atoms with E-state index < -0.39 is 24.1 Å². The van der Waals surface area contributed by atoms with Crippen LogP contribution in [0.15, 0.2) is 24.4 Å². The Kier molecular flexibility index (Phi) is 4.52. The lowest BCUT2D eigenvalue weighted by molar-refractivity contribution is -0.141. The molecule has 2 heterocycles. The average Bonchev–Trinajstić information content (AvgIpc) is 2.82. The summed E-state index contributed by atoms with van der Waals surface area (Å²) in [7, 11) is 0. The summed E-state index contributed by atoms with van der Waals surface area (Å²) in [5.74, 6) is -1.10. The highest BCUT2D eigenvalue weighted by Gasteiger charge is 2.38. The molecule has 1 aliphatic rings. The van der Waals surface area contributed by atoms with Crippen molar-refractivity contribution < 1.29 is 19.8 Å². The van der Waals surface area contributed by atoms with Gasteiger partial charge in [0.25, 0.3) is 0 Å². The van der Waals surface area contributed by atoms with Gasteiger partial charge in [-0.3, -0.25) is 4.98 Å². The predicted octanol–water partition coefficient (Wildman–Crippen LogP) is -0.146. The number of nitrogens with zero attached hydrogens (tertiary/aromatic N) is 2. The summed E-state index contributed by atoms with van der Waals surface area (Å²) in [6.07, 6.45) is 1.54. The molecular weight excluding hydrogens is 262 g/mol. The molecule has 108 valence electrons. The number of aliphatic hydroxyl groups is 1. The minimum atomic E-state index is -1.10. The maximum absolute atomic E-state index is 11.9. The molecule has 7 heteroatoms. The van der Waals surface area contributed by atoms with Gasteiger partial charge in [0, 0.05) is 37.8 Å². The van der Waals surface area contributed by atoms with Gasteiger partial charge in [-0.1, -0.05) is 6.07 Å². The number of urea groups is 1. The molecule has 1 aromatic rings. The van der Waals surface area contributed by atoms with Gasteiger partial charge in [0.2, 0.25) is 0 Å². The Morgan fingerprint density at radius 1 is 1.45 bits per heavy atom. The van der Waals surface area contributed by atoms with E-state index in [0.717, 1.165) is 10.6 Å². The van der Waals surface area contributed by atoms with Gasteiger partial charge < -0.3 is 20.4 Å². The van der Waals surface area contributed by atoms with Crippen LogP contribution in [0, 0.1) is 0 Å². The zero-order valence-corrected chi connectivity index (χ0v) is 10.9. The van der Waals surface area contributed by atoms with Gasteiger partial charge in [-0.15, -0.1) is 0 Å². The minimum absolute atomic E-state index is 0.0480. The van der Waals surface area contributed by atoms with Gasteiger partial charge in [0.05, 0.1) is 6.10 Å². The van der Waals surface area contributed by atoms with Crippen LogP contribution in [0.4, 0.5) is 4.79 Å². The zero-order chi connectivity index (χ0) is 14.5. The van der Waals surface area contributed by atoms with Crippen LogP contribution in [0.1, 0.15) is 12.1 Å². The number of rotatable bonds is 4. The van der Waals surface area contributed by atoms with Gasteiger partial charge in [-0.2, -0.15) is 0 Å². The third-order valence-electron chi connectivity index (χ3n) is 3.21. The quantitative estimate of drug-likeness (QED) is 0.711. The molecule has 0 aromatic carbocycles. The highest BCUT2D eigenvalue weighted by Crippen LogP contribution is 2.17. The van der Waals surface area contributed by atoms with Crippen molar-refractivity contribution in [3.63, 3.8) is 0 Å². The molecule has 3 N–H and O–H groups in total. The van der Waals surface area contributed by atoms with Crippen LogP contribution < -0.4 is 5.32 Å². The van der Waals surface area contributed by atoms with E-state index in [4.69, 9.17) is 5.11 Å². The number of aliphatic hydroxyl groups excluding tert-OH is 1. The summed E-state index contributed by atoms with van der Waals surface area (Å²) < 4.78 is 0. The fraction of sp³-hybridized carbons (Fsp3) is 0.462. The number of carbonyl (C=O) groups excluding carboxylic acids is 1. The largest absolute Gasteiger partial charge is 0.480 e. The molecule has 0 spiro atoms. The molecule has 0 saturated carbocycles. The van der Waals surface area contributed by atoms with Crippen molar-refractivity contribution in [3.05, 3.63) is 30.1 Å². The van der Waals surface area contributed by atoms with E-state index in [0.29, 0.717) is 13.0 Å². The number of nitrogens with one attached hydrogen (secondary N) is 1. The van der Waals surface area contributed by atoms with Crippen molar-refractivity contribution in [2.75, 3.05) is 13.1 Å². The zero-order valence-electron chi connectivity index (χ0n) is 10.9. The number of hydrogen-bond acceptors (Lipinski definition) is 4. The van der Waals surface area contributed by atoms with E-state index in [1.165, 1.54) is 0 Å². The van der Waals surface area contributed by atoms with Crippen molar-refractivity contribution >= 4 is 12.0 Å². The topological polar surface area (TPSA) is 103 Å². The smallest absolute Gasteiger partial charge is 0.326 e. The van der Waals surface area contributed by atoms with Gasteiger partial charge in [-0.05, 0) is 12.1 Å². The van der Waals surface area contributed by atoms with Crippen LogP contribution >= 0.6 is 0 Å². The Balaban J connectivity index is 1.84. The predicted molar refractivity (Wildman–Crippen MR) is 70.1 cm³/mol. The van der Waals surface area contributed by atoms with E-state index in [1.54, 1.807) is 6.20 Å². The summed E-state index contributed by atoms with van der Waals surface area (Å²) in [5.41, 5.74) is 0.851. The minimum Gasteiger partial charge on any atom is -0.480 e. The Morgan fingerprint density at radius 3 is 2.90 bits per heavy atom. The van der Waals surface area contributed by atoms with Crippen LogP contribution in [-0.2, 0) is 11.2 Å². The van der Waals surface area contributed by atoms with Crippen LogP contribution in [0.25, 0.3) is 0 Å². The van der Waals surface area contributed by atoms with Crippen LogP contribution in [0.2, 0.25) is 0 Å². The number of aliphatic carboxylic acids is 1. The third kappa shape index (κ3) is 3.45. The molecule has 1 saturated heterocycles. The second-order valence-electron chi connectivity index (χ2n) is 4.70. The summed E-state index contributed by atoms with van der Waals surface area (Å²) in [6, 6.07) is 4.10. The first-order valence-electron chi connectivity index (χ1n) is 6.43. The maximum Gasteiger partial charge on any atom is 0.326 e. The summed E-state index contributed by atoms with van der Waals surface area (Å²) in [5, 5.41) is 21.1. The van der Waals surface area contributed by atoms with E-state index in [9.17, 15) is 14.7 Å². The molecule has 0 unspecified atom stereocenters. The number of likely N-dealkylation sites (tertiary alicyclic amines) is 1. The number of carbonyl (C=O) groups is 2. The average molecular weight is 279 g/mol. The Bertz CT molecular complexity index is 480. The van der Waals surface area contributed by atoms with Gasteiger partial charge >= 0.3 is 12.0 Å². The molecule has 0 radical (unpaired) electrons. The second-order valence-corrected chi connectivity index (χ2v) is 4.70. The Hall–Kier alpha value is -2.15.